The van der Waals surface area contributed by atoms with Crippen molar-refractivity contribution in [3.05, 3.63) is 58.1 Å². The van der Waals surface area contributed by atoms with Crippen molar-refractivity contribution in [2.45, 2.75) is 32.9 Å². The number of carbonyl (C=O) groups excluding carboxylic acids is 2. The first-order valence-electron chi connectivity index (χ1n) is 8.96. The Labute approximate surface area is 172 Å². The molecule has 0 aliphatic carbocycles. The van der Waals surface area contributed by atoms with Gasteiger partial charge >= 0.3 is 0 Å². The van der Waals surface area contributed by atoms with E-state index in [-0.39, 0.29) is 11.7 Å². The summed E-state index contributed by atoms with van der Waals surface area (Å²) < 4.78 is 1.66. The Kier molecular flexibility index (Phi) is 5.97. The molecule has 0 aliphatic rings. The van der Waals surface area contributed by atoms with Gasteiger partial charge in [0.25, 0.3) is 0 Å². The van der Waals surface area contributed by atoms with E-state index in [0.717, 1.165) is 22.4 Å². The first kappa shape index (κ1) is 20.5. The van der Waals surface area contributed by atoms with Gasteiger partial charge in [0.2, 0.25) is 17.0 Å². The zero-order chi connectivity index (χ0) is 21.1. The Balaban J connectivity index is 1.71. The fourth-order valence-corrected chi connectivity index (χ4v) is 3.87. The highest BCUT2D eigenvalue weighted by Crippen LogP contribution is 2.25. The van der Waals surface area contributed by atoms with Crippen molar-refractivity contribution in [3.63, 3.8) is 0 Å². The molecule has 3 aromatic rings. The highest BCUT2D eigenvalue weighted by atomic mass is 32.2. The molecule has 0 unspecified atom stereocenters. The third-order valence-electron chi connectivity index (χ3n) is 4.41. The minimum atomic E-state index is -0.505. The Morgan fingerprint density at radius 3 is 2.38 bits per heavy atom. The van der Waals surface area contributed by atoms with Crippen LogP contribution in [-0.2, 0) is 4.79 Å². The third-order valence-corrected chi connectivity index (χ3v) is 5.32. The van der Waals surface area contributed by atoms with E-state index >= 15 is 0 Å². The van der Waals surface area contributed by atoms with E-state index in [4.69, 9.17) is 5.73 Å². The predicted octanol–water partition coefficient (Wildman–Crippen LogP) is 2.73. The topological polar surface area (TPSA) is 116 Å². The van der Waals surface area contributed by atoms with E-state index in [1.54, 1.807) is 29.8 Å². The lowest BCUT2D eigenvalue weighted by atomic mass is 10.1. The molecule has 0 fully saturated rings. The minimum Gasteiger partial charge on any atom is -0.366 e. The molecule has 0 radical (unpaired) electrons. The SMILES string of the molecule is Cc1cc(C)c(-n2nnnc2SCC(=O)Nc2ccc(C(N)=O)cc2C)c(C)c1. The number of nitrogens with zero attached hydrogens (tertiary/aromatic N) is 4. The Morgan fingerprint density at radius 1 is 1.07 bits per heavy atom. The van der Waals surface area contributed by atoms with Crippen LogP contribution in [0.1, 0.15) is 32.6 Å². The monoisotopic (exact) mass is 410 g/mol. The maximum absolute atomic E-state index is 12.4. The molecule has 29 heavy (non-hydrogen) atoms. The zero-order valence-electron chi connectivity index (χ0n) is 16.7. The van der Waals surface area contributed by atoms with Crippen molar-refractivity contribution in [2.75, 3.05) is 11.1 Å². The molecular weight excluding hydrogens is 388 g/mol. The van der Waals surface area contributed by atoms with Crippen molar-refractivity contribution >= 4 is 29.3 Å². The number of tetrazole rings is 1. The van der Waals surface area contributed by atoms with Crippen LogP contribution in [0.25, 0.3) is 5.69 Å². The van der Waals surface area contributed by atoms with Crippen molar-refractivity contribution in [1.82, 2.24) is 20.2 Å². The summed E-state index contributed by atoms with van der Waals surface area (Å²) in [7, 11) is 0. The van der Waals surface area contributed by atoms with Crippen LogP contribution in [0.5, 0.6) is 0 Å². The highest BCUT2D eigenvalue weighted by molar-refractivity contribution is 7.99. The summed E-state index contributed by atoms with van der Waals surface area (Å²) in [5.74, 6) is -0.562. The highest BCUT2D eigenvalue weighted by Gasteiger charge is 2.16. The fraction of sp³-hybridized carbons (Fsp3) is 0.250. The van der Waals surface area contributed by atoms with Crippen LogP contribution in [0.15, 0.2) is 35.5 Å². The standard InChI is InChI=1S/C20H22N6O2S/c1-11-7-13(3)18(14(4)8-11)26-20(23-24-25-26)29-10-17(27)22-16-6-5-15(19(21)28)9-12(16)2/h5-9H,10H2,1-4H3,(H2,21,28)(H,22,27). The second kappa shape index (κ2) is 8.44. The van der Waals surface area contributed by atoms with Crippen LogP contribution in [0.3, 0.4) is 0 Å². The number of hydrogen-bond donors (Lipinski definition) is 2. The number of thioether (sulfide) groups is 1. The van der Waals surface area contributed by atoms with Gasteiger partial charge in [-0.3, -0.25) is 9.59 Å². The van der Waals surface area contributed by atoms with Crippen LogP contribution in [0.2, 0.25) is 0 Å². The Bertz CT molecular complexity index is 1070. The number of aromatic nitrogens is 4. The summed E-state index contributed by atoms with van der Waals surface area (Å²) in [6.07, 6.45) is 0. The van der Waals surface area contributed by atoms with Crippen molar-refractivity contribution in [2.24, 2.45) is 5.73 Å². The molecule has 0 saturated carbocycles. The molecule has 1 heterocycles. The van der Waals surface area contributed by atoms with Crippen molar-refractivity contribution in [1.29, 1.82) is 0 Å². The molecule has 2 aromatic carbocycles. The van der Waals surface area contributed by atoms with Gasteiger partial charge in [-0.2, -0.15) is 4.68 Å². The third kappa shape index (κ3) is 4.62. The molecule has 0 bridgehead atoms. The van der Waals surface area contributed by atoms with Crippen molar-refractivity contribution in [3.8, 4) is 5.69 Å². The van der Waals surface area contributed by atoms with Crippen LogP contribution in [-0.4, -0.2) is 37.8 Å². The molecule has 0 atom stereocenters. The first-order chi connectivity index (χ1) is 13.8. The second-order valence-corrected chi connectivity index (χ2v) is 7.79. The van der Waals surface area contributed by atoms with Crippen molar-refractivity contribution < 1.29 is 9.59 Å². The van der Waals surface area contributed by atoms with E-state index in [1.807, 2.05) is 20.8 Å². The fourth-order valence-electron chi connectivity index (χ4n) is 3.19. The molecule has 3 N–H and O–H groups in total. The normalized spacial score (nSPS) is 10.8. The van der Waals surface area contributed by atoms with E-state index < -0.39 is 5.91 Å². The quantitative estimate of drug-likeness (QED) is 0.604. The molecule has 0 spiro atoms. The number of amides is 2. The van der Waals surface area contributed by atoms with Gasteiger partial charge in [0.15, 0.2) is 0 Å². The maximum atomic E-state index is 12.4. The average molecular weight is 411 g/mol. The van der Waals surface area contributed by atoms with Gasteiger partial charge in [0.05, 0.1) is 11.4 Å². The zero-order valence-corrected chi connectivity index (χ0v) is 17.5. The maximum Gasteiger partial charge on any atom is 0.248 e. The molecule has 3 rings (SSSR count). The molecule has 8 nitrogen and oxygen atoms in total. The van der Waals surface area contributed by atoms with Crippen LogP contribution >= 0.6 is 11.8 Å². The second-order valence-electron chi connectivity index (χ2n) is 6.85. The number of carbonyl (C=O) groups is 2. The number of rotatable bonds is 6. The van der Waals surface area contributed by atoms with E-state index in [2.05, 4.69) is 33.0 Å². The van der Waals surface area contributed by atoms with Crippen LogP contribution in [0, 0.1) is 27.7 Å². The van der Waals surface area contributed by atoms with E-state index in [0.29, 0.717) is 16.4 Å². The molecule has 0 aliphatic heterocycles. The van der Waals surface area contributed by atoms with E-state index in [9.17, 15) is 9.59 Å². The van der Waals surface area contributed by atoms with Gasteiger partial charge in [0.1, 0.15) is 0 Å². The number of anilines is 1. The number of primary amides is 1. The Hall–Kier alpha value is -3.20. The molecule has 150 valence electrons. The van der Waals surface area contributed by atoms with Crippen LogP contribution in [0.4, 0.5) is 5.69 Å². The van der Waals surface area contributed by atoms with Gasteiger partial charge < -0.3 is 11.1 Å². The summed E-state index contributed by atoms with van der Waals surface area (Å²) in [6, 6.07) is 9.05. The summed E-state index contributed by atoms with van der Waals surface area (Å²) in [5, 5.41) is 15.3. The summed E-state index contributed by atoms with van der Waals surface area (Å²) in [5.41, 5.74) is 11.3. The molecule has 9 heteroatoms. The first-order valence-corrected chi connectivity index (χ1v) is 9.94. The smallest absolute Gasteiger partial charge is 0.248 e. The number of aryl methyl sites for hydroxylation is 4. The number of benzene rings is 2. The number of nitrogens with one attached hydrogen (secondary N) is 1. The lowest BCUT2D eigenvalue weighted by Crippen LogP contribution is -2.16. The summed E-state index contributed by atoms with van der Waals surface area (Å²) in [6.45, 7) is 7.87. The molecule has 0 saturated heterocycles. The lowest BCUT2D eigenvalue weighted by Gasteiger charge is -2.12. The lowest BCUT2D eigenvalue weighted by molar-refractivity contribution is -0.113. The van der Waals surface area contributed by atoms with E-state index in [1.165, 1.54) is 17.3 Å². The van der Waals surface area contributed by atoms with Gasteiger partial charge in [-0.15, -0.1) is 5.10 Å². The van der Waals surface area contributed by atoms with Gasteiger partial charge in [-0.1, -0.05) is 29.5 Å². The largest absolute Gasteiger partial charge is 0.366 e. The minimum absolute atomic E-state index is 0.140. The van der Waals surface area contributed by atoms with Gasteiger partial charge in [-0.05, 0) is 73.0 Å². The summed E-state index contributed by atoms with van der Waals surface area (Å²) >= 11 is 1.25. The number of hydrogen-bond acceptors (Lipinski definition) is 6. The summed E-state index contributed by atoms with van der Waals surface area (Å²) in [4.78, 5) is 23.6. The molecular formula is C20H22N6O2S. The molecule has 2 amide bonds. The average Bonchev–Trinajstić information content (AvgIpc) is 3.09. The Morgan fingerprint density at radius 2 is 1.76 bits per heavy atom. The van der Waals surface area contributed by atoms with Gasteiger partial charge in [-0.25, -0.2) is 0 Å². The van der Waals surface area contributed by atoms with Gasteiger partial charge in [0, 0.05) is 11.3 Å². The number of nitrogens with two attached hydrogens (primary N) is 1. The molecule has 1 aromatic heterocycles. The predicted molar refractivity (Wildman–Crippen MR) is 112 cm³/mol. The van der Waals surface area contributed by atoms with Crippen LogP contribution < -0.4 is 11.1 Å².